The number of amides is 2. The molecule has 2 aromatic carbocycles. The number of nitrogens with one attached hydrogen (secondary N) is 1. The van der Waals surface area contributed by atoms with E-state index in [9.17, 15) is 18.0 Å². The van der Waals surface area contributed by atoms with Crippen molar-refractivity contribution < 1.29 is 22.7 Å². The van der Waals surface area contributed by atoms with Crippen molar-refractivity contribution in [3.05, 3.63) is 60.2 Å². The fraction of sp³-hybridized carbons (Fsp3) is 0.462. The molecule has 0 radical (unpaired) electrons. The second-order valence-corrected chi connectivity index (χ2v) is 11.6. The Balaban J connectivity index is 2.11. The van der Waals surface area contributed by atoms with E-state index in [1.165, 1.54) is 16.3 Å². The highest BCUT2D eigenvalue weighted by Crippen LogP contribution is 2.18. The Kier molecular flexibility index (Phi) is 9.85. The van der Waals surface area contributed by atoms with Crippen LogP contribution in [0.1, 0.15) is 46.1 Å². The maximum absolute atomic E-state index is 13.2. The predicted molar refractivity (Wildman–Crippen MR) is 136 cm³/mol. The van der Waals surface area contributed by atoms with Crippen LogP contribution in [0.2, 0.25) is 0 Å². The summed E-state index contributed by atoms with van der Waals surface area (Å²) in [5.74, 6) is 0.235. The molecule has 0 saturated heterocycles. The minimum absolute atomic E-state index is 0.109. The number of hydrogen-bond acceptors (Lipinski definition) is 5. The number of ether oxygens (including phenoxy) is 1. The van der Waals surface area contributed by atoms with Gasteiger partial charge in [0.1, 0.15) is 11.8 Å². The molecule has 9 heteroatoms. The van der Waals surface area contributed by atoms with Gasteiger partial charge < -0.3 is 15.0 Å². The van der Waals surface area contributed by atoms with Crippen LogP contribution in [0.15, 0.2) is 59.5 Å². The number of benzene rings is 2. The summed E-state index contributed by atoms with van der Waals surface area (Å²) in [4.78, 5) is 27.8. The summed E-state index contributed by atoms with van der Waals surface area (Å²) in [6.07, 6.45) is 0.437. The molecule has 2 aromatic rings. The van der Waals surface area contributed by atoms with Crippen LogP contribution >= 0.6 is 0 Å². The van der Waals surface area contributed by atoms with Crippen LogP contribution in [0.5, 0.6) is 5.75 Å². The number of carbonyl (C=O) groups excluding carboxylic acids is 2. The molecule has 0 aliphatic heterocycles. The van der Waals surface area contributed by atoms with Crippen molar-refractivity contribution in [1.82, 2.24) is 14.5 Å². The molecule has 0 aliphatic carbocycles. The lowest BCUT2D eigenvalue weighted by atomic mass is 10.1. The fourth-order valence-corrected chi connectivity index (χ4v) is 4.70. The van der Waals surface area contributed by atoms with Gasteiger partial charge in [-0.25, -0.2) is 12.7 Å². The Bertz CT molecular complexity index is 1080. The van der Waals surface area contributed by atoms with E-state index in [0.717, 1.165) is 5.56 Å². The Labute approximate surface area is 209 Å². The minimum Gasteiger partial charge on any atom is -0.497 e. The van der Waals surface area contributed by atoms with Gasteiger partial charge in [0, 0.05) is 32.1 Å². The van der Waals surface area contributed by atoms with E-state index >= 15 is 0 Å². The Morgan fingerprint density at radius 2 is 1.63 bits per heavy atom. The van der Waals surface area contributed by atoms with Crippen LogP contribution in [0.3, 0.4) is 0 Å². The van der Waals surface area contributed by atoms with E-state index in [-0.39, 0.29) is 36.2 Å². The predicted octanol–water partition coefficient (Wildman–Crippen LogP) is 3.43. The molecular formula is C26H37N3O5S. The van der Waals surface area contributed by atoms with E-state index < -0.39 is 21.6 Å². The summed E-state index contributed by atoms with van der Waals surface area (Å²) >= 11 is 0. The summed E-state index contributed by atoms with van der Waals surface area (Å²) in [5.41, 5.74) is 0.424. The highest BCUT2D eigenvalue weighted by atomic mass is 32.2. The normalized spacial score (nSPS) is 12.8. The number of carbonyl (C=O) groups is 2. The SMILES string of the molecule is COc1ccc(CN(C(=O)CCCN(C)S(=O)(=O)c2ccccc2)C(C)C(=O)NC(C)(C)C)cc1. The summed E-state index contributed by atoms with van der Waals surface area (Å²) in [7, 11) is -0.547. The summed E-state index contributed by atoms with van der Waals surface area (Å²) in [6, 6.07) is 14.8. The number of hydrogen-bond donors (Lipinski definition) is 1. The Hall–Kier alpha value is -2.91. The Morgan fingerprint density at radius 3 is 2.17 bits per heavy atom. The first kappa shape index (κ1) is 28.3. The molecule has 2 amide bonds. The van der Waals surface area contributed by atoms with Crippen LogP contribution in [0.25, 0.3) is 0 Å². The zero-order chi connectivity index (χ0) is 26.2. The minimum atomic E-state index is -3.63. The lowest BCUT2D eigenvalue weighted by molar-refractivity contribution is -0.141. The number of sulfonamides is 1. The third kappa shape index (κ3) is 8.36. The molecule has 0 aromatic heterocycles. The molecule has 0 saturated carbocycles. The van der Waals surface area contributed by atoms with Crippen LogP contribution in [0, 0.1) is 0 Å². The van der Waals surface area contributed by atoms with Crippen molar-refractivity contribution in [3.8, 4) is 5.75 Å². The van der Waals surface area contributed by atoms with Crippen LogP contribution in [-0.2, 0) is 26.2 Å². The maximum atomic E-state index is 13.2. The standard InChI is InChI=1S/C26H37N3O5S/c1-20(25(31)27-26(2,3)4)29(19-21-14-16-22(34-6)17-15-21)24(30)13-10-18-28(5)35(32,33)23-11-8-7-9-12-23/h7-9,11-12,14-17,20H,10,13,18-19H2,1-6H3,(H,27,31). The van der Waals surface area contributed by atoms with E-state index in [1.54, 1.807) is 56.5 Å². The highest BCUT2D eigenvalue weighted by molar-refractivity contribution is 7.89. The van der Waals surface area contributed by atoms with Gasteiger partial charge >= 0.3 is 0 Å². The first-order valence-corrected chi connectivity index (χ1v) is 13.0. The first-order valence-electron chi connectivity index (χ1n) is 11.6. The lowest BCUT2D eigenvalue weighted by Crippen LogP contribution is -2.52. The summed E-state index contributed by atoms with van der Waals surface area (Å²) in [5, 5.41) is 2.93. The monoisotopic (exact) mass is 503 g/mol. The van der Waals surface area contributed by atoms with Crippen molar-refractivity contribution in [3.63, 3.8) is 0 Å². The molecule has 8 nitrogen and oxygen atoms in total. The number of rotatable bonds is 11. The topological polar surface area (TPSA) is 96.0 Å². The molecule has 35 heavy (non-hydrogen) atoms. The van der Waals surface area contributed by atoms with Crippen molar-refractivity contribution in [2.24, 2.45) is 0 Å². The smallest absolute Gasteiger partial charge is 0.242 e. The van der Waals surface area contributed by atoms with Gasteiger partial charge in [-0.15, -0.1) is 0 Å². The zero-order valence-electron chi connectivity index (χ0n) is 21.4. The van der Waals surface area contributed by atoms with E-state index in [4.69, 9.17) is 4.74 Å². The largest absolute Gasteiger partial charge is 0.497 e. The molecule has 0 heterocycles. The maximum Gasteiger partial charge on any atom is 0.242 e. The molecular weight excluding hydrogens is 466 g/mol. The van der Waals surface area contributed by atoms with Gasteiger partial charge in [0.05, 0.1) is 12.0 Å². The van der Waals surface area contributed by atoms with Gasteiger partial charge in [0.2, 0.25) is 21.8 Å². The zero-order valence-corrected chi connectivity index (χ0v) is 22.3. The molecule has 1 atom stereocenters. The van der Waals surface area contributed by atoms with E-state index in [0.29, 0.717) is 12.2 Å². The second-order valence-electron chi connectivity index (χ2n) is 9.53. The molecule has 0 aliphatic rings. The first-order chi connectivity index (χ1) is 16.3. The van der Waals surface area contributed by atoms with Crippen molar-refractivity contribution in [1.29, 1.82) is 0 Å². The third-order valence-electron chi connectivity index (χ3n) is 5.49. The molecule has 192 valence electrons. The highest BCUT2D eigenvalue weighted by Gasteiger charge is 2.28. The van der Waals surface area contributed by atoms with Gasteiger partial charge in [-0.3, -0.25) is 9.59 Å². The Morgan fingerprint density at radius 1 is 1.03 bits per heavy atom. The van der Waals surface area contributed by atoms with Gasteiger partial charge in [-0.1, -0.05) is 30.3 Å². The average Bonchev–Trinajstić information content (AvgIpc) is 2.81. The van der Waals surface area contributed by atoms with Gasteiger partial charge in [0.25, 0.3) is 0 Å². The quantitative estimate of drug-likeness (QED) is 0.507. The molecule has 0 spiro atoms. The van der Waals surface area contributed by atoms with Crippen LogP contribution in [-0.4, -0.2) is 61.7 Å². The van der Waals surface area contributed by atoms with E-state index in [2.05, 4.69) is 5.32 Å². The molecule has 2 rings (SSSR count). The molecule has 1 N–H and O–H groups in total. The van der Waals surface area contributed by atoms with Gasteiger partial charge in [-0.2, -0.15) is 0 Å². The molecule has 1 unspecified atom stereocenters. The molecule has 0 fully saturated rings. The molecule has 0 bridgehead atoms. The third-order valence-corrected chi connectivity index (χ3v) is 7.36. The summed E-state index contributed by atoms with van der Waals surface area (Å²) in [6.45, 7) is 7.79. The second kappa shape index (κ2) is 12.2. The van der Waals surface area contributed by atoms with Gasteiger partial charge in [0.15, 0.2) is 0 Å². The summed E-state index contributed by atoms with van der Waals surface area (Å²) < 4.78 is 31.9. The fourth-order valence-electron chi connectivity index (χ4n) is 3.47. The van der Waals surface area contributed by atoms with Crippen molar-refractivity contribution in [2.45, 2.75) is 63.6 Å². The van der Waals surface area contributed by atoms with Crippen molar-refractivity contribution in [2.75, 3.05) is 20.7 Å². The van der Waals surface area contributed by atoms with Crippen LogP contribution in [0.4, 0.5) is 0 Å². The van der Waals surface area contributed by atoms with E-state index in [1.807, 2.05) is 32.9 Å². The lowest BCUT2D eigenvalue weighted by Gasteiger charge is -2.31. The number of methoxy groups -OCH3 is 1. The number of nitrogens with zero attached hydrogens (tertiary/aromatic N) is 2. The van der Waals surface area contributed by atoms with Crippen molar-refractivity contribution >= 4 is 21.8 Å². The van der Waals surface area contributed by atoms with Gasteiger partial charge in [-0.05, 0) is 63.9 Å². The van der Waals surface area contributed by atoms with Crippen LogP contribution < -0.4 is 10.1 Å². The average molecular weight is 504 g/mol.